The Kier molecular flexibility index (Phi) is 14.4. The van der Waals surface area contributed by atoms with Crippen molar-refractivity contribution in [3.05, 3.63) is 35.9 Å². The summed E-state index contributed by atoms with van der Waals surface area (Å²) in [6, 6.07) is 6.02. The molecule has 5 amide bonds. The Morgan fingerprint density at radius 2 is 1.70 bits per heavy atom. The number of hydrogen-bond acceptors (Lipinski definition) is 7. The second-order valence-electron chi connectivity index (χ2n) is 11.9. The molecule has 1 aromatic rings. The van der Waals surface area contributed by atoms with E-state index in [-0.39, 0.29) is 24.5 Å². The summed E-state index contributed by atoms with van der Waals surface area (Å²) in [6.45, 7) is 10.1. The van der Waals surface area contributed by atoms with Crippen LogP contribution in [0.1, 0.15) is 78.7 Å². The summed E-state index contributed by atoms with van der Waals surface area (Å²) in [6.07, 6.45) is 2.47. The van der Waals surface area contributed by atoms with E-state index in [9.17, 15) is 24.0 Å². The molecule has 1 aliphatic heterocycles. The summed E-state index contributed by atoms with van der Waals surface area (Å²) in [5.74, 6) is -1.74. The molecule has 2 rings (SSSR count). The summed E-state index contributed by atoms with van der Waals surface area (Å²) in [4.78, 5) is 66.9. The predicted molar refractivity (Wildman–Crippen MR) is 163 cm³/mol. The van der Waals surface area contributed by atoms with E-state index >= 15 is 0 Å². The van der Waals surface area contributed by atoms with Crippen LogP contribution in [-0.4, -0.2) is 82.8 Å². The van der Waals surface area contributed by atoms with Gasteiger partial charge in [0.1, 0.15) is 24.7 Å². The first kappa shape index (κ1) is 35.5. The largest absolute Gasteiger partial charge is 0.445 e. The molecule has 4 atom stereocenters. The van der Waals surface area contributed by atoms with Gasteiger partial charge in [0, 0.05) is 19.1 Å². The molecule has 43 heavy (non-hydrogen) atoms. The van der Waals surface area contributed by atoms with Crippen molar-refractivity contribution in [3.63, 3.8) is 0 Å². The lowest BCUT2D eigenvalue weighted by Crippen LogP contribution is -2.57. The maximum absolute atomic E-state index is 13.7. The van der Waals surface area contributed by atoms with Gasteiger partial charge in [0.25, 0.3) is 0 Å². The fraction of sp³-hybridized carbons (Fsp3) is 0.645. The Labute approximate surface area is 255 Å². The van der Waals surface area contributed by atoms with Crippen LogP contribution in [0.4, 0.5) is 4.79 Å². The molecule has 0 aromatic heterocycles. The van der Waals surface area contributed by atoms with Crippen LogP contribution in [-0.2, 0) is 30.5 Å². The lowest BCUT2D eigenvalue weighted by atomic mass is 10.0. The smallest absolute Gasteiger partial charge is 0.410 e. The van der Waals surface area contributed by atoms with Crippen molar-refractivity contribution in [1.29, 1.82) is 0 Å². The number of carbonyl (C=O) groups is 5. The van der Waals surface area contributed by atoms with Crippen molar-refractivity contribution < 1.29 is 28.7 Å². The van der Waals surface area contributed by atoms with E-state index < -0.39 is 48.0 Å². The molecular formula is C31H50N6O6. The van der Waals surface area contributed by atoms with Crippen LogP contribution in [0.25, 0.3) is 0 Å². The van der Waals surface area contributed by atoms with Gasteiger partial charge in [-0.2, -0.15) is 0 Å². The van der Waals surface area contributed by atoms with E-state index in [0.717, 1.165) is 5.56 Å². The highest BCUT2D eigenvalue weighted by molar-refractivity contribution is 5.94. The number of likely N-dealkylation sites (tertiary alicyclic amines) is 1. The monoisotopic (exact) mass is 602 g/mol. The molecule has 3 unspecified atom stereocenters. The number of carbonyl (C=O) groups excluding carboxylic acids is 5. The van der Waals surface area contributed by atoms with Gasteiger partial charge < -0.3 is 36.6 Å². The lowest BCUT2D eigenvalue weighted by molar-refractivity contribution is -0.142. The summed E-state index contributed by atoms with van der Waals surface area (Å²) in [7, 11) is 0. The highest BCUT2D eigenvalue weighted by Gasteiger charge is 2.38. The van der Waals surface area contributed by atoms with Crippen LogP contribution in [0.5, 0.6) is 0 Å². The minimum atomic E-state index is -0.898. The minimum absolute atomic E-state index is 0.0962. The van der Waals surface area contributed by atoms with Crippen molar-refractivity contribution in [1.82, 2.24) is 20.4 Å². The van der Waals surface area contributed by atoms with Crippen LogP contribution in [0.3, 0.4) is 0 Å². The zero-order valence-corrected chi connectivity index (χ0v) is 26.2. The molecule has 12 nitrogen and oxygen atoms in total. The van der Waals surface area contributed by atoms with E-state index in [4.69, 9.17) is 16.2 Å². The second kappa shape index (κ2) is 17.4. The van der Waals surface area contributed by atoms with Gasteiger partial charge in [-0.1, -0.05) is 44.2 Å². The third-order valence-electron chi connectivity index (χ3n) is 7.51. The number of unbranched alkanes of at least 4 members (excludes halogenated alkanes) is 1. The number of nitrogens with zero attached hydrogens (tertiary/aromatic N) is 2. The number of hydrogen-bond donors (Lipinski definition) is 4. The molecule has 0 aliphatic carbocycles. The van der Waals surface area contributed by atoms with Crippen LogP contribution in [0, 0.1) is 5.92 Å². The van der Waals surface area contributed by atoms with Gasteiger partial charge in [-0.15, -0.1) is 0 Å². The minimum Gasteiger partial charge on any atom is -0.445 e. The highest BCUT2D eigenvalue weighted by Crippen LogP contribution is 2.21. The maximum Gasteiger partial charge on any atom is 0.410 e. The molecule has 1 saturated heterocycles. The third kappa shape index (κ3) is 11.5. The predicted octanol–water partition coefficient (Wildman–Crippen LogP) is 2.04. The van der Waals surface area contributed by atoms with E-state index in [1.54, 1.807) is 4.90 Å². The Morgan fingerprint density at radius 1 is 1.02 bits per heavy atom. The topological polar surface area (TPSA) is 177 Å². The molecule has 0 bridgehead atoms. The Morgan fingerprint density at radius 3 is 2.30 bits per heavy atom. The van der Waals surface area contributed by atoms with E-state index in [0.29, 0.717) is 51.6 Å². The van der Waals surface area contributed by atoms with Crippen molar-refractivity contribution >= 4 is 29.7 Å². The fourth-order valence-electron chi connectivity index (χ4n) is 5.03. The molecule has 1 fully saturated rings. The van der Waals surface area contributed by atoms with Crippen LogP contribution < -0.4 is 22.1 Å². The normalized spacial score (nSPS) is 16.8. The third-order valence-corrected chi connectivity index (χ3v) is 7.51. The molecular weight excluding hydrogens is 552 g/mol. The average molecular weight is 603 g/mol. The maximum atomic E-state index is 13.7. The van der Waals surface area contributed by atoms with Gasteiger partial charge in [-0.05, 0) is 70.8 Å². The molecule has 240 valence electrons. The summed E-state index contributed by atoms with van der Waals surface area (Å²) >= 11 is 0. The first-order chi connectivity index (χ1) is 20.3. The first-order valence-corrected chi connectivity index (χ1v) is 15.2. The van der Waals surface area contributed by atoms with Gasteiger partial charge in [-0.25, -0.2) is 4.79 Å². The Balaban J connectivity index is 2.06. The van der Waals surface area contributed by atoms with Crippen molar-refractivity contribution in [2.45, 2.75) is 110 Å². The summed E-state index contributed by atoms with van der Waals surface area (Å²) in [5.41, 5.74) is 12.3. The molecule has 0 spiro atoms. The second-order valence-corrected chi connectivity index (χ2v) is 11.9. The fourth-order valence-corrected chi connectivity index (χ4v) is 5.03. The Hall–Kier alpha value is -3.67. The molecule has 12 heteroatoms. The van der Waals surface area contributed by atoms with Crippen LogP contribution >= 0.6 is 0 Å². The van der Waals surface area contributed by atoms with Crippen molar-refractivity contribution in [2.75, 3.05) is 13.1 Å². The number of primary amides is 1. The van der Waals surface area contributed by atoms with E-state index in [1.807, 2.05) is 58.0 Å². The number of benzene rings is 1. The standard InChI is InChI=1S/C31H50N6O6/c1-20(2)18-24(32)28(39)35-25(30(41)37-17-11-15-26(37)29(40)34-22(5)27(33)38)14-9-10-16-36(21(3)4)31(42)43-19-23-12-7-6-8-13-23/h6-8,12-13,20-22,24-26H,9-11,14-19,32H2,1-5H3,(H2,33,38)(H,34,40)(H,35,39)/t22-,24?,25?,26?/m1/s1. The van der Waals surface area contributed by atoms with E-state index in [1.165, 1.54) is 11.8 Å². The highest BCUT2D eigenvalue weighted by atomic mass is 16.6. The zero-order chi connectivity index (χ0) is 32.1. The van der Waals surface area contributed by atoms with Gasteiger partial charge in [-0.3, -0.25) is 19.2 Å². The molecule has 0 saturated carbocycles. The summed E-state index contributed by atoms with van der Waals surface area (Å²) < 4.78 is 5.51. The summed E-state index contributed by atoms with van der Waals surface area (Å²) in [5, 5.41) is 5.39. The van der Waals surface area contributed by atoms with Crippen molar-refractivity contribution in [2.24, 2.45) is 17.4 Å². The zero-order valence-electron chi connectivity index (χ0n) is 26.2. The number of nitrogens with one attached hydrogen (secondary N) is 2. The van der Waals surface area contributed by atoms with Gasteiger partial charge >= 0.3 is 6.09 Å². The molecule has 6 N–H and O–H groups in total. The van der Waals surface area contributed by atoms with Gasteiger partial charge in [0.2, 0.25) is 23.6 Å². The molecule has 1 aliphatic rings. The SMILES string of the molecule is CC(C)CC(N)C(=O)NC(CCCCN(C(=O)OCc1ccccc1)C(C)C)C(=O)N1CCCC1C(=O)N[C@H](C)C(N)=O. The number of rotatable bonds is 16. The molecule has 0 radical (unpaired) electrons. The average Bonchev–Trinajstić information content (AvgIpc) is 3.45. The number of nitrogens with two attached hydrogens (primary N) is 2. The van der Waals surface area contributed by atoms with Crippen molar-refractivity contribution in [3.8, 4) is 0 Å². The van der Waals surface area contributed by atoms with Crippen LogP contribution in [0.2, 0.25) is 0 Å². The van der Waals surface area contributed by atoms with Crippen LogP contribution in [0.15, 0.2) is 30.3 Å². The van der Waals surface area contributed by atoms with E-state index in [2.05, 4.69) is 10.6 Å². The Bertz CT molecular complexity index is 1080. The quantitative estimate of drug-likeness (QED) is 0.209. The first-order valence-electron chi connectivity index (χ1n) is 15.2. The van der Waals surface area contributed by atoms with Gasteiger partial charge in [0.05, 0.1) is 6.04 Å². The number of ether oxygens (including phenoxy) is 1. The molecule has 1 heterocycles. The molecule has 1 aromatic carbocycles. The lowest BCUT2D eigenvalue weighted by Gasteiger charge is -2.30. The number of amides is 5. The van der Waals surface area contributed by atoms with Gasteiger partial charge in [0.15, 0.2) is 0 Å².